The highest BCUT2D eigenvalue weighted by Gasteiger charge is 2.44. The van der Waals surface area contributed by atoms with Gasteiger partial charge in [-0.05, 0) is 38.3 Å². The zero-order valence-electron chi connectivity index (χ0n) is 17.2. The zero-order valence-corrected chi connectivity index (χ0v) is 17.2. The van der Waals surface area contributed by atoms with E-state index in [0.29, 0.717) is 31.9 Å². The number of aliphatic hydroxyl groups excluding tert-OH is 1. The van der Waals surface area contributed by atoms with Gasteiger partial charge in [-0.25, -0.2) is 4.98 Å². The predicted molar refractivity (Wildman–Crippen MR) is 101 cm³/mol. The summed E-state index contributed by atoms with van der Waals surface area (Å²) < 4.78 is 55.0. The fourth-order valence-electron chi connectivity index (χ4n) is 3.88. The number of carbonyl (C=O) groups excluding carboxylic acids is 2. The number of aromatic nitrogens is 1. The van der Waals surface area contributed by atoms with Gasteiger partial charge in [0.15, 0.2) is 12.1 Å². The average molecular weight is 443 g/mol. The lowest BCUT2D eigenvalue weighted by Crippen LogP contribution is -2.28. The number of allylic oxidation sites excluding steroid dienone is 2. The van der Waals surface area contributed by atoms with Crippen LogP contribution in [0.1, 0.15) is 47.9 Å². The number of rotatable bonds is 9. The van der Waals surface area contributed by atoms with E-state index < -0.39 is 36.3 Å². The van der Waals surface area contributed by atoms with Gasteiger partial charge in [0.05, 0.1) is 25.5 Å². The van der Waals surface area contributed by atoms with Crippen molar-refractivity contribution >= 4 is 11.6 Å². The molecule has 2 aliphatic rings. The minimum absolute atomic E-state index is 0.206. The van der Waals surface area contributed by atoms with Crippen LogP contribution in [0.25, 0.3) is 0 Å². The maximum Gasteiger partial charge on any atom is 0.433 e. The Kier molecular flexibility index (Phi) is 7.13. The number of ether oxygens (including phenoxy) is 3. The number of hydrogen-bond donors (Lipinski definition) is 1. The van der Waals surface area contributed by atoms with E-state index in [1.54, 1.807) is 6.92 Å². The normalized spacial score (nSPS) is 22.2. The molecule has 0 amide bonds. The van der Waals surface area contributed by atoms with E-state index in [4.69, 9.17) is 14.2 Å². The number of fused-ring (bicyclic) bond motifs is 2. The van der Waals surface area contributed by atoms with Crippen molar-refractivity contribution in [2.45, 2.75) is 45.3 Å². The Morgan fingerprint density at radius 3 is 2.61 bits per heavy atom. The minimum Gasteiger partial charge on any atom is -0.511 e. The summed E-state index contributed by atoms with van der Waals surface area (Å²) in [6.07, 6.45) is -3.87. The first-order valence-electron chi connectivity index (χ1n) is 9.94. The van der Waals surface area contributed by atoms with Crippen molar-refractivity contribution in [2.75, 3.05) is 20.3 Å². The molecule has 2 bridgehead atoms. The molecule has 3 unspecified atom stereocenters. The van der Waals surface area contributed by atoms with E-state index in [9.17, 15) is 27.9 Å². The molecule has 1 fully saturated rings. The van der Waals surface area contributed by atoms with Gasteiger partial charge in [0.25, 0.3) is 0 Å². The van der Waals surface area contributed by atoms with Crippen LogP contribution in [0.3, 0.4) is 0 Å². The lowest BCUT2D eigenvalue weighted by atomic mass is 9.83. The van der Waals surface area contributed by atoms with Crippen LogP contribution in [0.2, 0.25) is 0 Å². The highest BCUT2D eigenvalue weighted by Crippen LogP contribution is 2.43. The van der Waals surface area contributed by atoms with Crippen molar-refractivity contribution in [1.82, 2.24) is 4.98 Å². The molecule has 3 atom stereocenters. The summed E-state index contributed by atoms with van der Waals surface area (Å²) >= 11 is 0. The molecular weight excluding hydrogens is 419 g/mol. The molecule has 1 saturated carbocycles. The first kappa shape index (κ1) is 23.4. The van der Waals surface area contributed by atoms with Gasteiger partial charge in [0.2, 0.25) is 5.78 Å². The van der Waals surface area contributed by atoms with Crippen LogP contribution in [-0.2, 0) is 31.8 Å². The number of carbonyl (C=O) groups is 2. The average Bonchev–Trinajstić information content (AvgIpc) is 3.17. The fourth-order valence-corrected chi connectivity index (χ4v) is 3.88. The molecule has 3 rings (SSSR count). The molecule has 1 aromatic heterocycles. The van der Waals surface area contributed by atoms with Gasteiger partial charge >= 0.3 is 6.18 Å². The molecule has 0 radical (unpaired) electrons. The summed E-state index contributed by atoms with van der Waals surface area (Å²) in [4.78, 5) is 29.3. The van der Waals surface area contributed by atoms with E-state index in [1.165, 1.54) is 7.11 Å². The van der Waals surface area contributed by atoms with Crippen molar-refractivity contribution < 1.29 is 42.1 Å². The third-order valence-corrected chi connectivity index (χ3v) is 5.52. The van der Waals surface area contributed by atoms with Crippen molar-refractivity contribution in [1.29, 1.82) is 0 Å². The molecule has 0 aliphatic heterocycles. The number of alkyl halides is 3. The van der Waals surface area contributed by atoms with Crippen LogP contribution in [0.4, 0.5) is 13.2 Å². The standard InChI is InChI=1S/C21H24F3NO6/c1-11(30-8-7-29-2)31-10-15-14(5-6-16(25-15)21(22,23)24)20(28)17-18(26)12-3-4-13(9-12)19(17)27/h5-6,11-13,26H,3-4,7-10H2,1-2H3. The van der Waals surface area contributed by atoms with Crippen LogP contribution in [0.5, 0.6) is 0 Å². The predicted octanol–water partition coefficient (Wildman–Crippen LogP) is 3.62. The van der Waals surface area contributed by atoms with Crippen molar-refractivity contribution in [2.24, 2.45) is 11.8 Å². The lowest BCUT2D eigenvalue weighted by Gasteiger charge is -2.22. The molecule has 0 saturated heterocycles. The summed E-state index contributed by atoms with van der Waals surface area (Å²) in [6, 6.07) is 1.64. The summed E-state index contributed by atoms with van der Waals surface area (Å²) in [6.45, 7) is 1.60. The van der Waals surface area contributed by atoms with Gasteiger partial charge in [-0.15, -0.1) is 0 Å². The fraction of sp³-hybridized carbons (Fsp3) is 0.571. The number of aliphatic hydroxyl groups is 1. The first-order valence-corrected chi connectivity index (χ1v) is 9.94. The van der Waals surface area contributed by atoms with Gasteiger partial charge in [-0.3, -0.25) is 9.59 Å². The lowest BCUT2D eigenvalue weighted by molar-refractivity contribution is -0.147. The SMILES string of the molecule is COCCOC(C)OCc1nc(C(F)(F)F)ccc1C(=O)C1=C(O)C2CCC(C2)C1=O. The second-order valence-corrected chi connectivity index (χ2v) is 7.59. The van der Waals surface area contributed by atoms with Gasteiger partial charge in [0, 0.05) is 24.5 Å². The number of nitrogens with zero attached hydrogens (tertiary/aromatic N) is 1. The van der Waals surface area contributed by atoms with Crippen LogP contribution in [-0.4, -0.2) is 48.3 Å². The molecule has 0 spiro atoms. The molecule has 170 valence electrons. The van der Waals surface area contributed by atoms with Gasteiger partial charge < -0.3 is 19.3 Å². The number of Topliss-reactive ketones (excluding diaryl/α,β-unsaturated/α-hetero) is 2. The smallest absolute Gasteiger partial charge is 0.433 e. The summed E-state index contributed by atoms with van der Waals surface area (Å²) in [5, 5.41) is 10.4. The molecular formula is C21H24F3NO6. The largest absolute Gasteiger partial charge is 0.511 e. The molecule has 1 N–H and O–H groups in total. The minimum atomic E-state index is -4.72. The second kappa shape index (κ2) is 9.46. The maximum atomic E-state index is 13.2. The van der Waals surface area contributed by atoms with Crippen molar-refractivity contribution in [3.8, 4) is 0 Å². The Morgan fingerprint density at radius 2 is 1.94 bits per heavy atom. The Morgan fingerprint density at radius 1 is 1.23 bits per heavy atom. The number of methoxy groups -OCH3 is 1. The Bertz CT molecular complexity index is 882. The number of hydrogen-bond acceptors (Lipinski definition) is 7. The molecule has 10 heteroatoms. The molecule has 1 aromatic rings. The van der Waals surface area contributed by atoms with Crippen LogP contribution >= 0.6 is 0 Å². The number of pyridine rings is 1. The highest BCUT2D eigenvalue weighted by atomic mass is 19.4. The zero-order chi connectivity index (χ0) is 22.8. The van der Waals surface area contributed by atoms with Crippen molar-refractivity contribution in [3.05, 3.63) is 40.4 Å². The van der Waals surface area contributed by atoms with Crippen LogP contribution in [0.15, 0.2) is 23.5 Å². The number of ketones is 2. The van der Waals surface area contributed by atoms with E-state index in [1.807, 2.05) is 0 Å². The Labute approximate surface area is 177 Å². The summed E-state index contributed by atoms with van der Waals surface area (Å²) in [5.74, 6) is -2.23. The Balaban J connectivity index is 1.89. The van der Waals surface area contributed by atoms with Crippen molar-refractivity contribution in [3.63, 3.8) is 0 Å². The third-order valence-electron chi connectivity index (χ3n) is 5.52. The van der Waals surface area contributed by atoms with E-state index in [0.717, 1.165) is 6.07 Å². The van der Waals surface area contributed by atoms with E-state index >= 15 is 0 Å². The maximum absolute atomic E-state index is 13.2. The van der Waals surface area contributed by atoms with Crippen LogP contribution in [0, 0.1) is 11.8 Å². The van der Waals surface area contributed by atoms with Crippen LogP contribution < -0.4 is 0 Å². The first-order chi connectivity index (χ1) is 14.6. The monoisotopic (exact) mass is 443 g/mol. The highest BCUT2D eigenvalue weighted by molar-refractivity contribution is 6.28. The summed E-state index contributed by atoms with van der Waals surface area (Å²) in [7, 11) is 1.49. The quantitative estimate of drug-likeness (QED) is 0.270. The number of halogens is 3. The third kappa shape index (κ3) is 5.13. The second-order valence-electron chi connectivity index (χ2n) is 7.59. The Hall–Kier alpha value is -2.30. The molecule has 1 heterocycles. The van der Waals surface area contributed by atoms with Gasteiger partial charge in [0.1, 0.15) is 17.0 Å². The topological polar surface area (TPSA) is 94.9 Å². The van der Waals surface area contributed by atoms with Gasteiger partial charge in [-0.2, -0.15) is 13.2 Å². The molecule has 31 heavy (non-hydrogen) atoms. The summed E-state index contributed by atoms with van der Waals surface area (Å²) in [5.41, 5.74) is -2.05. The molecule has 2 aliphatic carbocycles. The van der Waals surface area contributed by atoms with E-state index in [2.05, 4.69) is 4.98 Å². The molecule has 0 aromatic carbocycles. The van der Waals surface area contributed by atoms with Gasteiger partial charge in [-0.1, -0.05) is 0 Å². The molecule has 7 nitrogen and oxygen atoms in total. The van der Waals surface area contributed by atoms with E-state index in [-0.39, 0.29) is 41.0 Å².